The van der Waals surface area contributed by atoms with E-state index in [1.807, 2.05) is 12.4 Å². The highest BCUT2D eigenvalue weighted by Crippen LogP contribution is 2.17. The second-order valence-corrected chi connectivity index (χ2v) is 5.53. The molecule has 6 heteroatoms. The Bertz CT molecular complexity index is 525. The van der Waals surface area contributed by atoms with E-state index in [-0.39, 0.29) is 6.04 Å². The van der Waals surface area contributed by atoms with Crippen molar-refractivity contribution in [1.82, 2.24) is 9.88 Å². The Morgan fingerprint density at radius 1 is 1.30 bits per heavy atom. The van der Waals surface area contributed by atoms with Crippen molar-refractivity contribution in [3.05, 3.63) is 52.0 Å². The molecular formula is C14H17F2N3S. The van der Waals surface area contributed by atoms with Crippen molar-refractivity contribution in [2.24, 2.45) is 5.73 Å². The number of hydrogen-bond donors (Lipinski definition) is 1. The fraction of sp³-hybridized carbons (Fsp3) is 0.357. The van der Waals surface area contributed by atoms with Crippen LogP contribution in [0.5, 0.6) is 0 Å². The van der Waals surface area contributed by atoms with E-state index in [0.717, 1.165) is 24.8 Å². The zero-order valence-electron chi connectivity index (χ0n) is 11.2. The molecule has 2 aromatic rings. The van der Waals surface area contributed by atoms with Gasteiger partial charge in [0.2, 0.25) is 0 Å². The zero-order valence-corrected chi connectivity index (χ0v) is 12.0. The van der Waals surface area contributed by atoms with Gasteiger partial charge < -0.3 is 10.6 Å². The molecule has 0 aliphatic heterocycles. The Balaban J connectivity index is 1.86. The largest absolute Gasteiger partial charge is 0.324 e. The van der Waals surface area contributed by atoms with Gasteiger partial charge in [-0.05, 0) is 31.2 Å². The molecule has 1 unspecified atom stereocenters. The average Bonchev–Trinajstić information content (AvgIpc) is 2.87. The van der Waals surface area contributed by atoms with Gasteiger partial charge in [0.1, 0.15) is 11.6 Å². The Morgan fingerprint density at radius 2 is 2.00 bits per heavy atom. The molecular weight excluding hydrogens is 280 g/mol. The summed E-state index contributed by atoms with van der Waals surface area (Å²) in [6.07, 6.45) is 0.629. The van der Waals surface area contributed by atoms with Crippen LogP contribution in [0.4, 0.5) is 8.78 Å². The fourth-order valence-electron chi connectivity index (χ4n) is 1.99. The maximum Gasteiger partial charge on any atom is 0.126 e. The minimum atomic E-state index is -0.591. The van der Waals surface area contributed by atoms with Gasteiger partial charge in [0.05, 0.1) is 11.2 Å². The molecule has 1 aromatic heterocycles. The summed E-state index contributed by atoms with van der Waals surface area (Å²) in [7, 11) is 1.97. The van der Waals surface area contributed by atoms with E-state index in [2.05, 4.69) is 9.88 Å². The Hall–Kier alpha value is -1.37. The lowest BCUT2D eigenvalue weighted by molar-refractivity contribution is 0.308. The Kier molecular flexibility index (Phi) is 5.17. The average molecular weight is 297 g/mol. The fourth-order valence-corrected chi connectivity index (χ4v) is 2.54. The molecule has 3 nitrogen and oxygen atoms in total. The molecule has 20 heavy (non-hydrogen) atoms. The lowest BCUT2D eigenvalue weighted by Crippen LogP contribution is -2.23. The van der Waals surface area contributed by atoms with Crippen LogP contribution in [0.3, 0.4) is 0 Å². The number of halogens is 2. The molecule has 2 rings (SSSR count). The van der Waals surface area contributed by atoms with Crippen LogP contribution in [0.25, 0.3) is 0 Å². The molecule has 0 aliphatic carbocycles. The lowest BCUT2D eigenvalue weighted by Gasteiger charge is -2.18. The smallest absolute Gasteiger partial charge is 0.126 e. The molecule has 0 spiro atoms. The zero-order chi connectivity index (χ0) is 14.5. The minimum absolute atomic E-state index is 0.377. The lowest BCUT2D eigenvalue weighted by atomic mass is 10.0. The van der Waals surface area contributed by atoms with Crippen molar-refractivity contribution in [1.29, 1.82) is 0 Å². The quantitative estimate of drug-likeness (QED) is 0.891. The maximum absolute atomic E-state index is 13.1. The number of aromatic nitrogens is 1. The van der Waals surface area contributed by atoms with Crippen LogP contribution in [-0.4, -0.2) is 23.5 Å². The van der Waals surface area contributed by atoms with E-state index < -0.39 is 11.6 Å². The predicted molar refractivity (Wildman–Crippen MR) is 76.4 cm³/mol. The van der Waals surface area contributed by atoms with Crippen molar-refractivity contribution in [3.63, 3.8) is 0 Å². The minimum Gasteiger partial charge on any atom is -0.324 e. The van der Waals surface area contributed by atoms with Crippen LogP contribution in [0.2, 0.25) is 0 Å². The summed E-state index contributed by atoms with van der Waals surface area (Å²) >= 11 is 1.56. The molecule has 108 valence electrons. The molecule has 2 N–H and O–H groups in total. The molecule has 0 aliphatic rings. The first-order chi connectivity index (χ1) is 9.54. The van der Waals surface area contributed by atoms with Gasteiger partial charge in [0, 0.05) is 30.6 Å². The first kappa shape index (κ1) is 15.0. The van der Waals surface area contributed by atoms with Gasteiger partial charge in [-0.1, -0.05) is 0 Å². The predicted octanol–water partition coefficient (Wildman–Crippen LogP) is 2.94. The number of rotatable bonds is 6. The van der Waals surface area contributed by atoms with Gasteiger partial charge in [0.25, 0.3) is 0 Å². The summed E-state index contributed by atoms with van der Waals surface area (Å²) in [5.74, 6) is -1.18. The van der Waals surface area contributed by atoms with Gasteiger partial charge in [-0.25, -0.2) is 13.8 Å². The highest BCUT2D eigenvalue weighted by atomic mass is 32.1. The Morgan fingerprint density at radius 3 is 2.60 bits per heavy atom. The van der Waals surface area contributed by atoms with Crippen molar-refractivity contribution in [3.8, 4) is 0 Å². The monoisotopic (exact) mass is 297 g/mol. The number of hydrogen-bond acceptors (Lipinski definition) is 4. The molecule has 0 bridgehead atoms. The molecule has 1 atom stereocenters. The second kappa shape index (κ2) is 6.88. The highest BCUT2D eigenvalue weighted by molar-refractivity contribution is 7.07. The van der Waals surface area contributed by atoms with Crippen LogP contribution in [0, 0.1) is 11.6 Å². The number of benzene rings is 1. The summed E-state index contributed by atoms with van der Waals surface area (Å²) < 4.78 is 26.3. The molecule has 0 saturated heterocycles. The SMILES string of the molecule is CN(CCC(N)c1cc(F)cc(F)c1)Cc1cscn1. The van der Waals surface area contributed by atoms with Gasteiger partial charge in [0.15, 0.2) is 0 Å². The molecule has 0 amide bonds. The second-order valence-electron chi connectivity index (χ2n) is 4.82. The molecule has 0 saturated carbocycles. The van der Waals surface area contributed by atoms with E-state index in [1.54, 1.807) is 16.8 Å². The molecule has 1 aromatic carbocycles. The summed E-state index contributed by atoms with van der Waals surface area (Å²) in [6, 6.07) is 3.05. The first-order valence-corrected chi connectivity index (χ1v) is 7.26. The molecule has 0 fully saturated rings. The highest BCUT2D eigenvalue weighted by Gasteiger charge is 2.11. The standard InChI is InChI=1S/C14H17F2N3S/c1-19(7-13-8-20-9-18-13)3-2-14(17)10-4-11(15)6-12(16)5-10/h4-6,8-9,14H,2-3,7,17H2,1H3. The third-order valence-electron chi connectivity index (χ3n) is 3.05. The third kappa shape index (κ3) is 4.33. The van der Waals surface area contributed by atoms with Crippen LogP contribution in [0.1, 0.15) is 23.7 Å². The van der Waals surface area contributed by atoms with Crippen molar-refractivity contribution >= 4 is 11.3 Å². The van der Waals surface area contributed by atoms with E-state index in [1.165, 1.54) is 12.1 Å². The van der Waals surface area contributed by atoms with Crippen LogP contribution in [0.15, 0.2) is 29.1 Å². The number of thiazole rings is 1. The first-order valence-electron chi connectivity index (χ1n) is 6.32. The van der Waals surface area contributed by atoms with Gasteiger partial charge in [-0.3, -0.25) is 0 Å². The van der Waals surface area contributed by atoms with Crippen LogP contribution < -0.4 is 5.73 Å². The van der Waals surface area contributed by atoms with Crippen LogP contribution >= 0.6 is 11.3 Å². The maximum atomic E-state index is 13.1. The summed E-state index contributed by atoms with van der Waals surface area (Å²) in [6.45, 7) is 1.48. The van der Waals surface area contributed by atoms with E-state index in [4.69, 9.17) is 5.73 Å². The van der Waals surface area contributed by atoms with Crippen molar-refractivity contribution in [2.45, 2.75) is 19.0 Å². The Labute approximate surface area is 121 Å². The van der Waals surface area contributed by atoms with Crippen molar-refractivity contribution in [2.75, 3.05) is 13.6 Å². The van der Waals surface area contributed by atoms with Gasteiger partial charge in [-0.15, -0.1) is 11.3 Å². The van der Waals surface area contributed by atoms with E-state index in [0.29, 0.717) is 12.0 Å². The topological polar surface area (TPSA) is 42.1 Å². The van der Waals surface area contributed by atoms with Gasteiger partial charge in [-0.2, -0.15) is 0 Å². The van der Waals surface area contributed by atoms with E-state index >= 15 is 0 Å². The normalized spacial score (nSPS) is 12.8. The summed E-state index contributed by atoms with van der Waals surface area (Å²) in [5, 5.41) is 2.00. The summed E-state index contributed by atoms with van der Waals surface area (Å²) in [5.41, 5.74) is 9.28. The number of nitrogens with zero attached hydrogens (tertiary/aromatic N) is 2. The third-order valence-corrected chi connectivity index (χ3v) is 3.69. The van der Waals surface area contributed by atoms with Gasteiger partial charge >= 0.3 is 0 Å². The molecule has 1 heterocycles. The van der Waals surface area contributed by atoms with E-state index in [9.17, 15) is 8.78 Å². The number of nitrogens with two attached hydrogens (primary N) is 1. The van der Waals surface area contributed by atoms with Crippen molar-refractivity contribution < 1.29 is 8.78 Å². The van der Waals surface area contributed by atoms with Crippen LogP contribution in [-0.2, 0) is 6.54 Å². The molecule has 0 radical (unpaired) electrons. The summed E-state index contributed by atoms with van der Waals surface area (Å²) in [4.78, 5) is 6.30.